The van der Waals surface area contributed by atoms with Gasteiger partial charge in [-0.1, -0.05) is 38.3 Å². The van der Waals surface area contributed by atoms with Crippen molar-refractivity contribution in [2.24, 2.45) is 5.41 Å². The van der Waals surface area contributed by atoms with Crippen LogP contribution in [0.15, 0.2) is 36.0 Å². The minimum atomic E-state index is 0.00894. The van der Waals surface area contributed by atoms with Crippen LogP contribution < -0.4 is 10.2 Å². The van der Waals surface area contributed by atoms with Crippen LogP contribution in [0.3, 0.4) is 0 Å². The van der Waals surface area contributed by atoms with E-state index in [0.29, 0.717) is 0 Å². The average molecular weight is 273 g/mol. The number of hydrogen-bond donors (Lipinski definition) is 1. The van der Waals surface area contributed by atoms with Crippen molar-refractivity contribution >= 4 is 0 Å². The highest BCUT2D eigenvalue weighted by molar-refractivity contribution is 5.32. The van der Waals surface area contributed by atoms with Gasteiger partial charge in [0.2, 0.25) is 0 Å². The van der Waals surface area contributed by atoms with Crippen LogP contribution >= 0.6 is 0 Å². The van der Waals surface area contributed by atoms with Crippen molar-refractivity contribution in [2.45, 2.75) is 45.1 Å². The first-order valence-corrected chi connectivity index (χ1v) is 7.49. The van der Waals surface area contributed by atoms with E-state index < -0.39 is 0 Å². The summed E-state index contributed by atoms with van der Waals surface area (Å²) in [6.45, 7) is 2.35. The van der Waals surface area contributed by atoms with Crippen LogP contribution in [-0.4, -0.2) is 7.11 Å². The van der Waals surface area contributed by atoms with Crippen LogP contribution in [0.4, 0.5) is 0 Å². The predicted octanol–water partition coefficient (Wildman–Crippen LogP) is 4.13. The lowest BCUT2D eigenvalue weighted by atomic mass is 9.73. The minimum absolute atomic E-state index is 0.00894. The van der Waals surface area contributed by atoms with E-state index in [9.17, 15) is 0 Å². The maximum Gasteiger partial charge on any atom is 0.131 e. The van der Waals surface area contributed by atoms with Gasteiger partial charge in [0.25, 0.3) is 0 Å². The molecule has 3 rings (SSSR count). The van der Waals surface area contributed by atoms with Crippen molar-refractivity contribution in [3.8, 4) is 5.75 Å². The fourth-order valence-electron chi connectivity index (χ4n) is 3.23. The molecule has 1 aromatic rings. The molecule has 3 nitrogen and oxygen atoms in total. The van der Waals surface area contributed by atoms with Gasteiger partial charge in [-0.3, -0.25) is 10.3 Å². The maximum atomic E-state index is 5.76. The molecule has 2 aliphatic rings. The van der Waals surface area contributed by atoms with Crippen LogP contribution in [0.2, 0.25) is 0 Å². The summed E-state index contributed by atoms with van der Waals surface area (Å²) < 4.78 is 5.19. The zero-order valence-electron chi connectivity index (χ0n) is 12.3. The third-order valence-corrected chi connectivity index (χ3v) is 4.67. The highest BCUT2D eigenvalue weighted by atomic mass is 16.7. The van der Waals surface area contributed by atoms with Crippen molar-refractivity contribution in [1.29, 1.82) is 0 Å². The summed E-state index contributed by atoms with van der Waals surface area (Å²) in [6, 6.07) is 8.08. The van der Waals surface area contributed by atoms with Gasteiger partial charge in [0.1, 0.15) is 11.9 Å². The average Bonchev–Trinajstić information content (AvgIpc) is 2.99. The van der Waals surface area contributed by atoms with E-state index in [1.54, 1.807) is 7.11 Å². The van der Waals surface area contributed by atoms with Crippen LogP contribution in [0.25, 0.3) is 0 Å². The number of methoxy groups -OCH3 is 1. The highest BCUT2D eigenvalue weighted by Gasteiger charge is 2.35. The largest absolute Gasteiger partial charge is 0.497 e. The van der Waals surface area contributed by atoms with Crippen molar-refractivity contribution in [1.82, 2.24) is 5.48 Å². The Kier molecular flexibility index (Phi) is 3.70. The Morgan fingerprint density at radius 2 is 1.85 bits per heavy atom. The van der Waals surface area contributed by atoms with Crippen LogP contribution in [0.1, 0.15) is 50.7 Å². The molecular formula is C17H23NO2. The molecule has 0 bridgehead atoms. The second kappa shape index (κ2) is 5.49. The third kappa shape index (κ3) is 2.55. The van der Waals surface area contributed by atoms with Gasteiger partial charge in [-0.2, -0.15) is 0 Å². The molecule has 1 aliphatic heterocycles. The Morgan fingerprint density at radius 1 is 1.15 bits per heavy atom. The van der Waals surface area contributed by atoms with Crippen LogP contribution in [-0.2, 0) is 4.84 Å². The van der Waals surface area contributed by atoms with E-state index in [1.807, 2.05) is 12.1 Å². The lowest BCUT2D eigenvalue weighted by Gasteiger charge is -2.34. The maximum absolute atomic E-state index is 5.76. The summed E-state index contributed by atoms with van der Waals surface area (Å²) in [5.41, 5.74) is 5.86. The normalized spacial score (nSPS) is 24.9. The fraction of sp³-hybridized carbons (Fsp3) is 0.529. The molecule has 108 valence electrons. The van der Waals surface area contributed by atoms with Gasteiger partial charge < -0.3 is 4.74 Å². The Labute approximate surface area is 120 Å². The van der Waals surface area contributed by atoms with Gasteiger partial charge in [-0.15, -0.1) is 0 Å². The van der Waals surface area contributed by atoms with E-state index in [1.165, 1.54) is 37.8 Å². The third-order valence-electron chi connectivity index (χ3n) is 4.67. The lowest BCUT2D eigenvalue weighted by Crippen LogP contribution is -2.28. The van der Waals surface area contributed by atoms with Crippen LogP contribution in [0.5, 0.6) is 5.75 Å². The van der Waals surface area contributed by atoms with Crippen molar-refractivity contribution in [3.63, 3.8) is 0 Å². The molecule has 1 aromatic carbocycles. The first kappa shape index (κ1) is 13.5. The SMILES string of the molecule is COc1ccc(C2C=C(C3(C)CCCCC3)NO2)cc1. The molecule has 1 fully saturated rings. The molecule has 1 saturated carbocycles. The standard InChI is InChI=1S/C17H23NO2/c1-17(10-4-3-5-11-17)16-12-15(20-18-16)13-6-8-14(19-2)9-7-13/h6-9,12,15,18H,3-5,10-11H2,1-2H3. The topological polar surface area (TPSA) is 30.5 Å². The molecule has 1 unspecified atom stereocenters. The van der Waals surface area contributed by atoms with Crippen LogP contribution in [0, 0.1) is 5.41 Å². The van der Waals surface area contributed by atoms with Crippen molar-refractivity contribution < 1.29 is 9.57 Å². The number of ether oxygens (including phenoxy) is 1. The predicted molar refractivity (Wildman–Crippen MR) is 79.2 cm³/mol. The zero-order valence-corrected chi connectivity index (χ0v) is 12.3. The molecule has 1 atom stereocenters. The number of benzene rings is 1. The molecule has 0 saturated heterocycles. The van der Waals surface area contributed by atoms with Gasteiger partial charge in [0, 0.05) is 11.1 Å². The number of rotatable bonds is 3. The summed E-state index contributed by atoms with van der Waals surface area (Å²) in [4.78, 5) is 5.76. The molecule has 1 heterocycles. The van der Waals surface area contributed by atoms with E-state index in [4.69, 9.17) is 9.57 Å². The molecule has 0 radical (unpaired) electrons. The van der Waals surface area contributed by atoms with E-state index in [-0.39, 0.29) is 11.5 Å². The molecule has 0 aromatic heterocycles. The van der Waals surface area contributed by atoms with Gasteiger partial charge in [0.05, 0.1) is 7.11 Å². The quantitative estimate of drug-likeness (QED) is 0.898. The number of allylic oxidation sites excluding steroid dienone is 1. The van der Waals surface area contributed by atoms with Gasteiger partial charge in [-0.05, 0) is 36.6 Å². The fourth-order valence-corrected chi connectivity index (χ4v) is 3.23. The number of hydrogen-bond acceptors (Lipinski definition) is 3. The second-order valence-corrected chi connectivity index (χ2v) is 6.12. The smallest absolute Gasteiger partial charge is 0.131 e. The summed E-state index contributed by atoms with van der Waals surface area (Å²) in [5, 5.41) is 0. The van der Waals surface area contributed by atoms with Gasteiger partial charge >= 0.3 is 0 Å². The Balaban J connectivity index is 1.76. The van der Waals surface area contributed by atoms with Gasteiger partial charge in [-0.25, -0.2) is 0 Å². The van der Waals surface area contributed by atoms with E-state index >= 15 is 0 Å². The molecular weight excluding hydrogens is 250 g/mol. The first-order chi connectivity index (χ1) is 9.71. The van der Waals surface area contributed by atoms with Crippen molar-refractivity contribution in [2.75, 3.05) is 7.11 Å². The second-order valence-electron chi connectivity index (χ2n) is 6.12. The Hall–Kier alpha value is -1.48. The Bertz CT molecular complexity index is 486. The molecule has 1 aliphatic carbocycles. The first-order valence-electron chi connectivity index (χ1n) is 7.49. The van der Waals surface area contributed by atoms with E-state index in [2.05, 4.69) is 30.6 Å². The van der Waals surface area contributed by atoms with E-state index in [0.717, 1.165) is 11.3 Å². The van der Waals surface area contributed by atoms with Crippen molar-refractivity contribution in [3.05, 3.63) is 41.6 Å². The summed E-state index contributed by atoms with van der Waals surface area (Å²) in [6.07, 6.45) is 8.77. The zero-order chi connectivity index (χ0) is 14.0. The summed E-state index contributed by atoms with van der Waals surface area (Å²) in [5.74, 6) is 0.878. The monoisotopic (exact) mass is 273 g/mol. The molecule has 20 heavy (non-hydrogen) atoms. The summed E-state index contributed by atoms with van der Waals surface area (Å²) >= 11 is 0. The molecule has 3 heteroatoms. The summed E-state index contributed by atoms with van der Waals surface area (Å²) in [7, 11) is 1.69. The number of hydroxylamine groups is 1. The molecule has 1 N–H and O–H groups in total. The minimum Gasteiger partial charge on any atom is -0.497 e. The lowest BCUT2D eigenvalue weighted by molar-refractivity contribution is 0.0298. The number of nitrogens with one attached hydrogen (secondary N) is 1. The molecule has 0 amide bonds. The molecule has 0 spiro atoms. The Morgan fingerprint density at radius 3 is 2.50 bits per heavy atom. The highest BCUT2D eigenvalue weighted by Crippen LogP contribution is 2.43. The van der Waals surface area contributed by atoms with Gasteiger partial charge in [0.15, 0.2) is 0 Å².